The van der Waals surface area contributed by atoms with Crippen LogP contribution in [0.2, 0.25) is 0 Å². The van der Waals surface area contributed by atoms with Crippen molar-refractivity contribution in [2.45, 2.75) is 13.3 Å². The van der Waals surface area contributed by atoms with E-state index >= 15 is 0 Å². The Morgan fingerprint density at radius 3 is 2.71 bits per heavy atom. The molecule has 0 aromatic heterocycles. The van der Waals surface area contributed by atoms with Crippen LogP contribution in [0.5, 0.6) is 5.75 Å². The van der Waals surface area contributed by atoms with E-state index in [0.29, 0.717) is 5.11 Å². The zero-order valence-corrected chi connectivity index (χ0v) is 13.2. The third-order valence-corrected chi connectivity index (χ3v) is 3.39. The molecule has 2 N–H and O–H groups in total. The molecule has 0 spiro atoms. The predicted octanol–water partition coefficient (Wildman–Crippen LogP) is 3.53. The highest BCUT2D eigenvalue weighted by molar-refractivity contribution is 7.80. The second-order valence-electron chi connectivity index (χ2n) is 4.81. The number of hydrogen-bond donors (Lipinski definition) is 2. The van der Waals surface area contributed by atoms with Crippen molar-refractivity contribution in [3.05, 3.63) is 59.7 Å². The Balaban J connectivity index is 1.82. The van der Waals surface area contributed by atoms with Crippen molar-refractivity contribution in [2.24, 2.45) is 0 Å². The van der Waals surface area contributed by atoms with Crippen LogP contribution in [0.15, 0.2) is 48.5 Å². The van der Waals surface area contributed by atoms with E-state index in [2.05, 4.69) is 35.8 Å². The SMILES string of the molecule is COc1ccccc1CCNC(=S)Nc1cccc(C)c1. The number of anilines is 1. The van der Waals surface area contributed by atoms with Crippen LogP contribution >= 0.6 is 12.2 Å². The van der Waals surface area contributed by atoms with Crippen LogP contribution in [-0.2, 0) is 6.42 Å². The van der Waals surface area contributed by atoms with Crippen LogP contribution in [0.3, 0.4) is 0 Å². The van der Waals surface area contributed by atoms with Crippen molar-refractivity contribution in [1.29, 1.82) is 0 Å². The van der Waals surface area contributed by atoms with Gasteiger partial charge in [-0.25, -0.2) is 0 Å². The van der Waals surface area contributed by atoms with E-state index in [1.807, 2.05) is 30.3 Å². The number of rotatable bonds is 5. The molecule has 2 aromatic rings. The van der Waals surface area contributed by atoms with Crippen molar-refractivity contribution in [2.75, 3.05) is 19.0 Å². The largest absolute Gasteiger partial charge is 0.496 e. The van der Waals surface area contributed by atoms with Crippen molar-refractivity contribution in [3.63, 3.8) is 0 Å². The lowest BCUT2D eigenvalue weighted by atomic mass is 10.1. The molecule has 0 saturated heterocycles. The minimum Gasteiger partial charge on any atom is -0.496 e. The average Bonchev–Trinajstić information content (AvgIpc) is 2.47. The van der Waals surface area contributed by atoms with Gasteiger partial charge in [-0.15, -0.1) is 0 Å². The molecule has 0 fully saturated rings. The lowest BCUT2D eigenvalue weighted by Crippen LogP contribution is -2.30. The Morgan fingerprint density at radius 1 is 1.14 bits per heavy atom. The minimum absolute atomic E-state index is 0.635. The number of ether oxygens (including phenoxy) is 1. The van der Waals surface area contributed by atoms with E-state index in [-0.39, 0.29) is 0 Å². The number of thiocarbonyl (C=S) groups is 1. The number of para-hydroxylation sites is 1. The number of nitrogens with one attached hydrogen (secondary N) is 2. The number of hydrogen-bond acceptors (Lipinski definition) is 2. The van der Waals surface area contributed by atoms with Gasteiger partial charge in [0.15, 0.2) is 5.11 Å². The first kappa shape index (κ1) is 15.3. The molecule has 0 saturated carbocycles. The Bertz CT molecular complexity index is 613. The zero-order chi connectivity index (χ0) is 15.1. The smallest absolute Gasteiger partial charge is 0.170 e. The highest BCUT2D eigenvalue weighted by Crippen LogP contribution is 2.17. The van der Waals surface area contributed by atoms with E-state index in [9.17, 15) is 0 Å². The molecule has 4 heteroatoms. The zero-order valence-electron chi connectivity index (χ0n) is 12.3. The normalized spacial score (nSPS) is 10.0. The summed E-state index contributed by atoms with van der Waals surface area (Å²) in [4.78, 5) is 0. The van der Waals surface area contributed by atoms with Crippen molar-refractivity contribution >= 4 is 23.0 Å². The molecule has 0 amide bonds. The molecule has 3 nitrogen and oxygen atoms in total. The Kier molecular flexibility index (Phi) is 5.58. The van der Waals surface area contributed by atoms with Crippen molar-refractivity contribution in [1.82, 2.24) is 5.32 Å². The molecular weight excluding hydrogens is 280 g/mol. The average molecular weight is 300 g/mol. The van der Waals surface area contributed by atoms with Gasteiger partial charge >= 0.3 is 0 Å². The van der Waals surface area contributed by atoms with Gasteiger partial charge < -0.3 is 15.4 Å². The van der Waals surface area contributed by atoms with Crippen LogP contribution in [0, 0.1) is 6.92 Å². The third-order valence-electron chi connectivity index (χ3n) is 3.15. The standard InChI is InChI=1S/C17H20N2OS/c1-13-6-5-8-15(12-13)19-17(21)18-11-10-14-7-3-4-9-16(14)20-2/h3-9,12H,10-11H2,1-2H3,(H2,18,19,21). The molecule has 0 radical (unpaired) electrons. The van der Waals surface area contributed by atoms with Crippen LogP contribution in [0.4, 0.5) is 5.69 Å². The highest BCUT2D eigenvalue weighted by Gasteiger charge is 2.02. The lowest BCUT2D eigenvalue weighted by Gasteiger charge is -2.12. The van der Waals surface area contributed by atoms with Crippen LogP contribution in [0.1, 0.15) is 11.1 Å². The summed E-state index contributed by atoms with van der Waals surface area (Å²) in [6, 6.07) is 16.2. The number of benzene rings is 2. The summed E-state index contributed by atoms with van der Waals surface area (Å²) >= 11 is 5.30. The molecule has 0 aliphatic carbocycles. The van der Waals surface area contributed by atoms with Gasteiger partial charge in [-0.05, 0) is 54.9 Å². The van der Waals surface area contributed by atoms with Gasteiger partial charge in [-0.3, -0.25) is 0 Å². The predicted molar refractivity (Wildman–Crippen MR) is 92.1 cm³/mol. The van der Waals surface area contributed by atoms with E-state index in [4.69, 9.17) is 17.0 Å². The molecule has 0 unspecified atom stereocenters. The summed E-state index contributed by atoms with van der Waals surface area (Å²) in [5.74, 6) is 0.914. The van der Waals surface area contributed by atoms with Crippen LogP contribution < -0.4 is 15.4 Å². The molecule has 110 valence electrons. The molecule has 0 atom stereocenters. The van der Waals surface area contributed by atoms with Gasteiger partial charge in [0.05, 0.1) is 7.11 Å². The van der Waals surface area contributed by atoms with Crippen LogP contribution in [-0.4, -0.2) is 18.8 Å². The molecule has 0 heterocycles. The topological polar surface area (TPSA) is 33.3 Å². The molecule has 2 aromatic carbocycles. The van der Waals surface area contributed by atoms with Crippen molar-refractivity contribution < 1.29 is 4.74 Å². The second kappa shape index (κ2) is 7.64. The van der Waals surface area contributed by atoms with Gasteiger partial charge in [0, 0.05) is 12.2 Å². The Hall–Kier alpha value is -2.07. The summed E-state index contributed by atoms with van der Waals surface area (Å²) in [6.45, 7) is 2.82. The first-order valence-electron chi connectivity index (χ1n) is 6.92. The number of aryl methyl sites for hydroxylation is 1. The molecule has 0 bridgehead atoms. The Labute approximate surface area is 131 Å². The molecular formula is C17H20N2OS. The van der Waals surface area contributed by atoms with Crippen molar-refractivity contribution in [3.8, 4) is 5.75 Å². The van der Waals surface area contributed by atoms with E-state index in [1.54, 1.807) is 7.11 Å². The molecule has 0 aliphatic heterocycles. The monoisotopic (exact) mass is 300 g/mol. The maximum atomic E-state index is 5.34. The fourth-order valence-electron chi connectivity index (χ4n) is 2.12. The highest BCUT2D eigenvalue weighted by atomic mass is 32.1. The van der Waals surface area contributed by atoms with Gasteiger partial charge in [0.2, 0.25) is 0 Å². The van der Waals surface area contributed by atoms with Gasteiger partial charge in [0.25, 0.3) is 0 Å². The molecule has 21 heavy (non-hydrogen) atoms. The lowest BCUT2D eigenvalue weighted by molar-refractivity contribution is 0.409. The minimum atomic E-state index is 0.635. The van der Waals surface area contributed by atoms with Gasteiger partial charge in [0.1, 0.15) is 5.75 Å². The maximum Gasteiger partial charge on any atom is 0.170 e. The summed E-state index contributed by atoms with van der Waals surface area (Å²) in [7, 11) is 1.69. The fraction of sp³-hybridized carbons (Fsp3) is 0.235. The first-order chi connectivity index (χ1) is 10.2. The Morgan fingerprint density at radius 2 is 1.95 bits per heavy atom. The maximum absolute atomic E-state index is 5.34. The van der Waals surface area contributed by atoms with Gasteiger partial charge in [-0.2, -0.15) is 0 Å². The molecule has 0 aliphatic rings. The second-order valence-corrected chi connectivity index (χ2v) is 5.22. The fourth-order valence-corrected chi connectivity index (χ4v) is 2.34. The summed E-state index contributed by atoms with van der Waals surface area (Å²) < 4.78 is 5.34. The van der Waals surface area contributed by atoms with Crippen LogP contribution in [0.25, 0.3) is 0 Å². The summed E-state index contributed by atoms with van der Waals surface area (Å²) in [5, 5.41) is 7.04. The van der Waals surface area contributed by atoms with E-state index in [0.717, 1.165) is 24.4 Å². The quantitative estimate of drug-likeness (QED) is 0.828. The number of methoxy groups -OCH3 is 1. The van der Waals surface area contributed by atoms with Gasteiger partial charge in [-0.1, -0.05) is 30.3 Å². The summed E-state index contributed by atoms with van der Waals surface area (Å²) in [6.07, 6.45) is 0.861. The molecule has 2 rings (SSSR count). The van der Waals surface area contributed by atoms with E-state index in [1.165, 1.54) is 11.1 Å². The summed E-state index contributed by atoms with van der Waals surface area (Å²) in [5.41, 5.74) is 3.38. The van der Waals surface area contributed by atoms with E-state index < -0.39 is 0 Å². The first-order valence-corrected chi connectivity index (χ1v) is 7.33. The third kappa shape index (κ3) is 4.76.